The van der Waals surface area contributed by atoms with E-state index in [2.05, 4.69) is 4.98 Å². The summed E-state index contributed by atoms with van der Waals surface area (Å²) in [7, 11) is 0. The van der Waals surface area contributed by atoms with E-state index in [0.29, 0.717) is 19.4 Å². The molecule has 0 bridgehead atoms. The van der Waals surface area contributed by atoms with Crippen LogP contribution in [0.1, 0.15) is 31.4 Å². The highest BCUT2D eigenvalue weighted by Crippen LogP contribution is 2.44. The van der Waals surface area contributed by atoms with Crippen molar-refractivity contribution in [3.05, 3.63) is 16.6 Å². The second-order valence-electron chi connectivity index (χ2n) is 4.21. The van der Waals surface area contributed by atoms with Crippen molar-refractivity contribution in [1.82, 2.24) is 4.98 Å². The molecule has 15 heavy (non-hydrogen) atoms. The molecule has 5 heteroatoms. The van der Waals surface area contributed by atoms with E-state index in [-0.39, 0.29) is 18.3 Å². The van der Waals surface area contributed by atoms with E-state index in [0.717, 1.165) is 5.69 Å². The summed E-state index contributed by atoms with van der Waals surface area (Å²) in [6.45, 7) is 0.410. The van der Waals surface area contributed by atoms with Gasteiger partial charge in [0, 0.05) is 30.2 Å². The number of hydrogen-bond donors (Lipinski definition) is 1. The zero-order valence-corrected chi connectivity index (χ0v) is 9.20. The average Bonchev–Trinajstić information content (AvgIpc) is 2.72. The van der Waals surface area contributed by atoms with Crippen LogP contribution in [0, 0.1) is 0 Å². The third-order valence-corrected chi connectivity index (χ3v) is 3.89. The standard InChI is InChI=1S/C10H14F2N2S/c11-10(12)3-1-9(6-13,2-4-10)8-5-15-7-14-8/h5,7H,1-4,6,13H2. The minimum Gasteiger partial charge on any atom is -0.330 e. The van der Waals surface area contributed by atoms with Gasteiger partial charge >= 0.3 is 0 Å². The SMILES string of the molecule is NCC1(c2cscn2)CCC(F)(F)CC1. The van der Waals surface area contributed by atoms with E-state index in [1.165, 1.54) is 11.3 Å². The van der Waals surface area contributed by atoms with Gasteiger partial charge < -0.3 is 5.73 Å². The Morgan fingerprint density at radius 1 is 1.33 bits per heavy atom. The van der Waals surface area contributed by atoms with Crippen molar-refractivity contribution in [1.29, 1.82) is 0 Å². The highest BCUT2D eigenvalue weighted by atomic mass is 32.1. The van der Waals surface area contributed by atoms with Crippen LogP contribution in [0.4, 0.5) is 8.78 Å². The summed E-state index contributed by atoms with van der Waals surface area (Å²) in [5.41, 5.74) is 8.06. The number of rotatable bonds is 2. The Bertz CT molecular complexity index is 314. The Balaban J connectivity index is 2.19. The van der Waals surface area contributed by atoms with E-state index in [1.807, 2.05) is 5.38 Å². The smallest absolute Gasteiger partial charge is 0.248 e. The molecule has 0 radical (unpaired) electrons. The lowest BCUT2D eigenvalue weighted by Gasteiger charge is -2.38. The van der Waals surface area contributed by atoms with Crippen LogP contribution in [0.2, 0.25) is 0 Å². The molecule has 1 aromatic rings. The maximum Gasteiger partial charge on any atom is 0.248 e. The van der Waals surface area contributed by atoms with Gasteiger partial charge in [0.25, 0.3) is 0 Å². The van der Waals surface area contributed by atoms with E-state index >= 15 is 0 Å². The van der Waals surface area contributed by atoms with Crippen LogP contribution in [0.5, 0.6) is 0 Å². The Kier molecular flexibility index (Phi) is 2.77. The van der Waals surface area contributed by atoms with Gasteiger partial charge in [-0.15, -0.1) is 11.3 Å². The second-order valence-corrected chi connectivity index (χ2v) is 4.93. The molecule has 1 aromatic heterocycles. The third-order valence-electron chi connectivity index (χ3n) is 3.31. The van der Waals surface area contributed by atoms with E-state index in [1.54, 1.807) is 5.51 Å². The van der Waals surface area contributed by atoms with Gasteiger partial charge in [0.2, 0.25) is 5.92 Å². The van der Waals surface area contributed by atoms with Crippen molar-refractivity contribution in [3.8, 4) is 0 Å². The first-order valence-corrected chi connectivity index (χ1v) is 5.99. The summed E-state index contributed by atoms with van der Waals surface area (Å²) >= 11 is 1.49. The number of alkyl halides is 2. The fourth-order valence-electron chi connectivity index (χ4n) is 2.13. The molecule has 0 spiro atoms. The molecule has 1 saturated carbocycles. The number of nitrogens with two attached hydrogens (primary N) is 1. The summed E-state index contributed by atoms with van der Waals surface area (Å²) in [5, 5.41) is 1.93. The Hall–Kier alpha value is -0.550. The fraction of sp³-hybridized carbons (Fsp3) is 0.700. The molecule has 2 rings (SSSR count). The predicted molar refractivity (Wildman–Crippen MR) is 56.3 cm³/mol. The van der Waals surface area contributed by atoms with Crippen LogP contribution in [-0.2, 0) is 5.41 Å². The number of thiazole rings is 1. The Labute approximate surface area is 91.5 Å². The summed E-state index contributed by atoms with van der Waals surface area (Å²) in [6.07, 6.45) is 0.754. The van der Waals surface area contributed by atoms with Gasteiger partial charge in [-0.2, -0.15) is 0 Å². The summed E-state index contributed by atoms with van der Waals surface area (Å²) in [6, 6.07) is 0. The monoisotopic (exact) mass is 232 g/mol. The molecule has 0 saturated heterocycles. The highest BCUT2D eigenvalue weighted by molar-refractivity contribution is 7.07. The molecule has 1 heterocycles. The molecule has 0 atom stereocenters. The molecule has 84 valence electrons. The molecule has 1 aliphatic carbocycles. The van der Waals surface area contributed by atoms with Gasteiger partial charge in [0.15, 0.2) is 0 Å². The molecule has 2 N–H and O–H groups in total. The Morgan fingerprint density at radius 2 is 2.00 bits per heavy atom. The summed E-state index contributed by atoms with van der Waals surface area (Å²) < 4.78 is 26.1. The van der Waals surface area contributed by atoms with Gasteiger partial charge in [0.05, 0.1) is 11.2 Å². The molecular formula is C10H14F2N2S. The molecule has 0 unspecified atom stereocenters. The van der Waals surface area contributed by atoms with E-state index in [4.69, 9.17) is 5.73 Å². The topological polar surface area (TPSA) is 38.9 Å². The van der Waals surface area contributed by atoms with Crippen molar-refractivity contribution < 1.29 is 8.78 Å². The van der Waals surface area contributed by atoms with Crippen LogP contribution < -0.4 is 5.73 Å². The fourth-order valence-corrected chi connectivity index (χ4v) is 2.81. The zero-order valence-electron chi connectivity index (χ0n) is 8.38. The molecule has 1 aliphatic rings. The van der Waals surface area contributed by atoms with Gasteiger partial charge in [0.1, 0.15) is 0 Å². The van der Waals surface area contributed by atoms with E-state index in [9.17, 15) is 8.78 Å². The highest BCUT2D eigenvalue weighted by Gasteiger charge is 2.44. The summed E-state index contributed by atoms with van der Waals surface area (Å²) in [5.74, 6) is -2.51. The number of halogens is 2. The lowest BCUT2D eigenvalue weighted by molar-refractivity contribution is -0.0513. The Morgan fingerprint density at radius 3 is 2.47 bits per heavy atom. The zero-order chi connectivity index (χ0) is 10.9. The van der Waals surface area contributed by atoms with Gasteiger partial charge in [-0.3, -0.25) is 0 Å². The lowest BCUT2D eigenvalue weighted by atomic mass is 9.71. The van der Waals surface area contributed by atoms with Crippen molar-refractivity contribution in [3.63, 3.8) is 0 Å². The first-order valence-electron chi connectivity index (χ1n) is 5.05. The van der Waals surface area contributed by atoms with Gasteiger partial charge in [-0.1, -0.05) is 0 Å². The van der Waals surface area contributed by atoms with Crippen LogP contribution in [0.25, 0.3) is 0 Å². The molecule has 1 fully saturated rings. The number of nitrogens with zero attached hydrogens (tertiary/aromatic N) is 1. The molecule has 2 nitrogen and oxygen atoms in total. The minimum atomic E-state index is -2.51. The van der Waals surface area contributed by atoms with Gasteiger partial charge in [-0.05, 0) is 12.8 Å². The first-order chi connectivity index (χ1) is 7.08. The number of aromatic nitrogens is 1. The van der Waals surface area contributed by atoms with Gasteiger partial charge in [-0.25, -0.2) is 13.8 Å². The molecule has 0 aliphatic heterocycles. The third kappa shape index (κ3) is 2.03. The van der Waals surface area contributed by atoms with Crippen LogP contribution in [-0.4, -0.2) is 17.5 Å². The minimum absolute atomic E-state index is 0.0677. The van der Waals surface area contributed by atoms with Crippen molar-refractivity contribution in [2.75, 3.05) is 6.54 Å². The number of hydrogen-bond acceptors (Lipinski definition) is 3. The second kappa shape index (κ2) is 3.79. The van der Waals surface area contributed by atoms with Crippen LogP contribution >= 0.6 is 11.3 Å². The molecule has 0 amide bonds. The maximum atomic E-state index is 13.1. The van der Waals surface area contributed by atoms with Crippen molar-refractivity contribution >= 4 is 11.3 Å². The molecular weight excluding hydrogens is 218 g/mol. The van der Waals surface area contributed by atoms with Crippen molar-refractivity contribution in [2.45, 2.75) is 37.0 Å². The average molecular weight is 232 g/mol. The molecule has 0 aromatic carbocycles. The summed E-state index contributed by atoms with van der Waals surface area (Å²) in [4.78, 5) is 4.22. The predicted octanol–water partition coefficient (Wildman–Crippen LogP) is 2.55. The first kappa shape index (κ1) is 11.0. The lowest BCUT2D eigenvalue weighted by Crippen LogP contribution is -2.42. The quantitative estimate of drug-likeness (QED) is 0.851. The van der Waals surface area contributed by atoms with E-state index < -0.39 is 5.92 Å². The normalized spacial score (nSPS) is 23.9. The van der Waals surface area contributed by atoms with Crippen LogP contribution in [0.15, 0.2) is 10.9 Å². The van der Waals surface area contributed by atoms with Crippen LogP contribution in [0.3, 0.4) is 0 Å². The van der Waals surface area contributed by atoms with Crippen molar-refractivity contribution in [2.24, 2.45) is 5.73 Å². The largest absolute Gasteiger partial charge is 0.330 e. The maximum absolute atomic E-state index is 13.1.